The zero-order valence-electron chi connectivity index (χ0n) is 15.5. The molecular formula is C20H18N2O6S. The van der Waals surface area contributed by atoms with Gasteiger partial charge >= 0.3 is 5.97 Å². The van der Waals surface area contributed by atoms with Crippen LogP contribution >= 0.6 is 11.8 Å². The highest BCUT2D eigenvalue weighted by atomic mass is 32.2. The van der Waals surface area contributed by atoms with Crippen molar-refractivity contribution in [1.82, 2.24) is 5.32 Å². The quantitative estimate of drug-likeness (QED) is 0.724. The molecule has 0 aromatic heterocycles. The Kier molecular flexibility index (Phi) is 5.30. The van der Waals surface area contributed by atoms with Crippen LogP contribution in [0.1, 0.15) is 22.8 Å². The topological polar surface area (TPSA) is 103 Å². The molecule has 0 unspecified atom stereocenters. The number of hydrogen-bond donors (Lipinski definition) is 2. The first-order chi connectivity index (χ1) is 14.0. The van der Waals surface area contributed by atoms with Crippen LogP contribution in [-0.4, -0.2) is 36.4 Å². The van der Waals surface area contributed by atoms with Gasteiger partial charge in [-0.15, -0.1) is 11.8 Å². The van der Waals surface area contributed by atoms with E-state index in [1.54, 1.807) is 30.3 Å². The molecule has 0 fully saturated rings. The maximum atomic E-state index is 12.4. The molecule has 0 spiro atoms. The fourth-order valence-corrected chi connectivity index (χ4v) is 3.66. The van der Waals surface area contributed by atoms with Crippen LogP contribution < -0.4 is 20.1 Å². The molecule has 9 heteroatoms. The van der Waals surface area contributed by atoms with Gasteiger partial charge in [0.2, 0.25) is 12.7 Å². The van der Waals surface area contributed by atoms with Crippen molar-refractivity contribution in [2.75, 3.05) is 17.9 Å². The fourth-order valence-electron chi connectivity index (χ4n) is 2.88. The van der Waals surface area contributed by atoms with E-state index in [9.17, 15) is 14.4 Å². The molecule has 2 aliphatic heterocycles. The summed E-state index contributed by atoms with van der Waals surface area (Å²) in [6.07, 6.45) is -0.975. The number of fused-ring (bicyclic) bond motifs is 2. The molecule has 2 aromatic rings. The first-order valence-electron chi connectivity index (χ1n) is 8.93. The third kappa shape index (κ3) is 4.29. The van der Waals surface area contributed by atoms with Gasteiger partial charge in [-0.1, -0.05) is 6.07 Å². The van der Waals surface area contributed by atoms with Crippen molar-refractivity contribution in [3.8, 4) is 11.5 Å². The number of esters is 1. The maximum absolute atomic E-state index is 12.4. The SMILES string of the molecule is C[C@@H](OC(=O)c1ccc2c(c1)NC(=O)CS2)C(=O)NCc1ccc2c(c1)OCO2. The molecule has 2 aromatic carbocycles. The molecule has 150 valence electrons. The van der Waals surface area contributed by atoms with E-state index in [1.807, 2.05) is 6.07 Å². The average molecular weight is 414 g/mol. The first kappa shape index (κ1) is 19.1. The predicted molar refractivity (Wildman–Crippen MR) is 105 cm³/mol. The van der Waals surface area contributed by atoms with Crippen LogP contribution in [0.3, 0.4) is 0 Å². The summed E-state index contributed by atoms with van der Waals surface area (Å²) in [5, 5.41) is 5.45. The van der Waals surface area contributed by atoms with Crippen LogP contribution in [0, 0.1) is 0 Å². The van der Waals surface area contributed by atoms with E-state index in [0.717, 1.165) is 10.5 Å². The van der Waals surface area contributed by atoms with E-state index in [-0.39, 0.29) is 24.8 Å². The molecule has 0 saturated heterocycles. The summed E-state index contributed by atoms with van der Waals surface area (Å²) in [4.78, 5) is 37.1. The smallest absolute Gasteiger partial charge is 0.338 e. The van der Waals surface area contributed by atoms with Gasteiger partial charge in [0.15, 0.2) is 17.6 Å². The second kappa shape index (κ2) is 8.04. The van der Waals surface area contributed by atoms with Crippen molar-refractivity contribution < 1.29 is 28.6 Å². The number of rotatable bonds is 5. The molecule has 0 bridgehead atoms. The average Bonchev–Trinajstić information content (AvgIpc) is 3.19. The van der Waals surface area contributed by atoms with Crippen LogP contribution in [0.5, 0.6) is 11.5 Å². The van der Waals surface area contributed by atoms with E-state index in [1.165, 1.54) is 18.7 Å². The summed E-state index contributed by atoms with van der Waals surface area (Å²) in [6.45, 7) is 1.95. The van der Waals surface area contributed by atoms with Gasteiger partial charge in [0.1, 0.15) is 0 Å². The van der Waals surface area contributed by atoms with E-state index >= 15 is 0 Å². The van der Waals surface area contributed by atoms with Crippen molar-refractivity contribution >= 4 is 35.2 Å². The van der Waals surface area contributed by atoms with Gasteiger partial charge in [-0.2, -0.15) is 0 Å². The highest BCUT2D eigenvalue weighted by Gasteiger charge is 2.22. The molecule has 0 saturated carbocycles. The van der Waals surface area contributed by atoms with Crippen molar-refractivity contribution in [3.05, 3.63) is 47.5 Å². The van der Waals surface area contributed by atoms with Crippen molar-refractivity contribution in [3.63, 3.8) is 0 Å². The highest BCUT2D eigenvalue weighted by Crippen LogP contribution is 2.33. The van der Waals surface area contributed by atoms with Crippen LogP contribution in [0.15, 0.2) is 41.3 Å². The number of nitrogens with one attached hydrogen (secondary N) is 2. The zero-order chi connectivity index (χ0) is 20.4. The fraction of sp³-hybridized carbons (Fsp3) is 0.250. The largest absolute Gasteiger partial charge is 0.454 e. The van der Waals surface area contributed by atoms with Crippen molar-refractivity contribution in [2.45, 2.75) is 24.5 Å². The van der Waals surface area contributed by atoms with E-state index in [2.05, 4.69) is 10.6 Å². The lowest BCUT2D eigenvalue weighted by Crippen LogP contribution is -2.35. The lowest BCUT2D eigenvalue weighted by atomic mass is 10.2. The molecule has 2 N–H and O–H groups in total. The minimum absolute atomic E-state index is 0.121. The summed E-state index contributed by atoms with van der Waals surface area (Å²) < 4.78 is 15.8. The number of thioether (sulfide) groups is 1. The Morgan fingerprint density at radius 3 is 2.90 bits per heavy atom. The Balaban J connectivity index is 1.33. The number of carbonyl (C=O) groups excluding carboxylic acids is 3. The zero-order valence-corrected chi connectivity index (χ0v) is 16.3. The van der Waals surface area contributed by atoms with Crippen LogP contribution in [0.25, 0.3) is 0 Å². The summed E-state index contributed by atoms with van der Waals surface area (Å²) in [6, 6.07) is 10.3. The molecule has 1 atom stereocenters. The van der Waals surface area contributed by atoms with Gasteiger partial charge in [0, 0.05) is 11.4 Å². The number of hydrogen-bond acceptors (Lipinski definition) is 7. The summed E-state index contributed by atoms with van der Waals surface area (Å²) in [5.41, 5.74) is 1.67. The maximum Gasteiger partial charge on any atom is 0.338 e. The highest BCUT2D eigenvalue weighted by molar-refractivity contribution is 8.00. The second-order valence-electron chi connectivity index (χ2n) is 6.50. The van der Waals surface area contributed by atoms with E-state index < -0.39 is 18.0 Å². The molecule has 2 heterocycles. The van der Waals surface area contributed by atoms with Gasteiger partial charge < -0.3 is 24.8 Å². The van der Waals surface area contributed by atoms with Gasteiger partial charge in [-0.3, -0.25) is 9.59 Å². The van der Waals surface area contributed by atoms with Crippen LogP contribution in [0.4, 0.5) is 5.69 Å². The lowest BCUT2D eigenvalue weighted by Gasteiger charge is -2.17. The van der Waals surface area contributed by atoms with Crippen LogP contribution in [-0.2, 0) is 20.9 Å². The van der Waals surface area contributed by atoms with Crippen LogP contribution in [0.2, 0.25) is 0 Å². The van der Waals surface area contributed by atoms with Gasteiger partial charge in [0.05, 0.1) is 17.0 Å². The summed E-state index contributed by atoms with van der Waals surface area (Å²) in [7, 11) is 0. The lowest BCUT2D eigenvalue weighted by molar-refractivity contribution is -0.129. The van der Waals surface area contributed by atoms with Gasteiger partial charge in [0.25, 0.3) is 5.91 Å². The number of amides is 2. The number of carbonyl (C=O) groups is 3. The molecule has 2 amide bonds. The Morgan fingerprint density at radius 1 is 1.21 bits per heavy atom. The molecule has 4 rings (SSSR count). The molecular weight excluding hydrogens is 396 g/mol. The van der Waals surface area contributed by atoms with E-state index in [0.29, 0.717) is 22.9 Å². The monoisotopic (exact) mass is 414 g/mol. The van der Waals surface area contributed by atoms with Crippen molar-refractivity contribution in [2.24, 2.45) is 0 Å². The van der Waals surface area contributed by atoms with Gasteiger partial charge in [-0.25, -0.2) is 4.79 Å². The van der Waals surface area contributed by atoms with Crippen molar-refractivity contribution in [1.29, 1.82) is 0 Å². The number of benzene rings is 2. The molecule has 0 radical (unpaired) electrons. The Hall–Kier alpha value is -3.20. The Labute approximate surface area is 170 Å². The third-order valence-electron chi connectivity index (χ3n) is 4.40. The normalized spacial score (nSPS) is 15.1. The minimum Gasteiger partial charge on any atom is -0.454 e. The molecule has 29 heavy (non-hydrogen) atoms. The standard InChI is InChI=1S/C20H18N2O6S/c1-11(19(24)21-8-12-2-4-15-16(6-12)27-10-26-15)28-20(25)13-3-5-17-14(7-13)22-18(23)9-29-17/h2-7,11H,8-10H2,1H3,(H,21,24)(H,22,23)/t11-/m1/s1. The molecule has 2 aliphatic rings. The Bertz CT molecular complexity index is 993. The molecule has 8 nitrogen and oxygen atoms in total. The summed E-state index contributed by atoms with van der Waals surface area (Å²) in [5.74, 6) is 0.471. The number of ether oxygens (including phenoxy) is 3. The predicted octanol–water partition coefficient (Wildman–Crippen LogP) is 2.32. The Morgan fingerprint density at radius 2 is 2.03 bits per heavy atom. The second-order valence-corrected chi connectivity index (χ2v) is 7.52. The third-order valence-corrected chi connectivity index (χ3v) is 5.48. The summed E-state index contributed by atoms with van der Waals surface area (Å²) >= 11 is 1.40. The number of anilines is 1. The van der Waals surface area contributed by atoms with E-state index in [4.69, 9.17) is 14.2 Å². The first-order valence-corrected chi connectivity index (χ1v) is 9.92. The molecule has 0 aliphatic carbocycles. The van der Waals surface area contributed by atoms with Gasteiger partial charge in [-0.05, 0) is 42.8 Å². The minimum atomic E-state index is -0.975.